The van der Waals surface area contributed by atoms with Crippen molar-refractivity contribution in [3.63, 3.8) is 0 Å². The molecule has 3 rings (SSSR count). The van der Waals surface area contributed by atoms with Crippen LogP contribution in [0, 0.1) is 0 Å². The van der Waals surface area contributed by atoms with Gasteiger partial charge in [0.25, 0.3) is 0 Å². The summed E-state index contributed by atoms with van der Waals surface area (Å²) in [6.45, 7) is 2.56. The Kier molecular flexibility index (Phi) is 4.77. The smallest absolute Gasteiger partial charge is 0.247 e. The molecular formula is C16H19N5O2S. The van der Waals surface area contributed by atoms with Crippen molar-refractivity contribution in [1.29, 1.82) is 0 Å². The Morgan fingerprint density at radius 1 is 1.46 bits per heavy atom. The minimum absolute atomic E-state index is 0.172. The number of fused-ring (bicyclic) bond motifs is 1. The molecule has 0 aliphatic carbocycles. The summed E-state index contributed by atoms with van der Waals surface area (Å²) in [5.41, 5.74) is 1.64. The second kappa shape index (κ2) is 6.98. The standard InChI is InChI=1S/C16H19N5O2S/c1-4-23-11-5-6-12-13(7-11)24-16(19-12)20-15(22)14(17-2)10-8-18-21(3)9-10/h5-9,14,17H,4H2,1-3H3,(H,19,20,22). The summed E-state index contributed by atoms with van der Waals surface area (Å²) in [5, 5.41) is 10.5. The lowest BCUT2D eigenvalue weighted by molar-refractivity contribution is -0.118. The van der Waals surface area contributed by atoms with Crippen molar-refractivity contribution in [3.8, 4) is 5.75 Å². The molecule has 0 saturated heterocycles. The van der Waals surface area contributed by atoms with Crippen LogP contribution in [0.25, 0.3) is 10.2 Å². The van der Waals surface area contributed by atoms with E-state index < -0.39 is 6.04 Å². The Morgan fingerprint density at radius 3 is 2.96 bits per heavy atom. The van der Waals surface area contributed by atoms with E-state index in [0.29, 0.717) is 11.7 Å². The van der Waals surface area contributed by atoms with Crippen molar-refractivity contribution >= 4 is 32.6 Å². The maximum atomic E-state index is 12.5. The second-order valence-electron chi connectivity index (χ2n) is 5.24. The number of aryl methyl sites for hydroxylation is 1. The first kappa shape index (κ1) is 16.4. The van der Waals surface area contributed by atoms with Gasteiger partial charge in [-0.15, -0.1) is 0 Å². The van der Waals surface area contributed by atoms with E-state index in [0.717, 1.165) is 21.5 Å². The minimum Gasteiger partial charge on any atom is -0.494 e. The molecule has 0 bridgehead atoms. The monoisotopic (exact) mass is 345 g/mol. The van der Waals surface area contributed by atoms with Gasteiger partial charge >= 0.3 is 0 Å². The van der Waals surface area contributed by atoms with Crippen LogP contribution in [-0.2, 0) is 11.8 Å². The number of aromatic nitrogens is 3. The van der Waals surface area contributed by atoms with Crippen LogP contribution in [0.3, 0.4) is 0 Å². The number of benzene rings is 1. The topological polar surface area (TPSA) is 81.1 Å². The number of anilines is 1. The zero-order valence-electron chi connectivity index (χ0n) is 13.7. The molecular weight excluding hydrogens is 326 g/mol. The second-order valence-corrected chi connectivity index (χ2v) is 6.27. The van der Waals surface area contributed by atoms with Gasteiger partial charge in [-0.05, 0) is 32.2 Å². The predicted octanol–water partition coefficient (Wildman–Crippen LogP) is 2.33. The lowest BCUT2D eigenvalue weighted by Crippen LogP contribution is -2.30. The molecule has 2 heterocycles. The van der Waals surface area contributed by atoms with Crippen LogP contribution < -0.4 is 15.4 Å². The van der Waals surface area contributed by atoms with Crippen LogP contribution >= 0.6 is 11.3 Å². The highest BCUT2D eigenvalue weighted by Gasteiger charge is 2.21. The van der Waals surface area contributed by atoms with E-state index in [1.165, 1.54) is 11.3 Å². The van der Waals surface area contributed by atoms with Crippen molar-refractivity contribution in [3.05, 3.63) is 36.2 Å². The van der Waals surface area contributed by atoms with Gasteiger partial charge < -0.3 is 15.4 Å². The van der Waals surface area contributed by atoms with Gasteiger partial charge in [-0.1, -0.05) is 11.3 Å². The summed E-state index contributed by atoms with van der Waals surface area (Å²) >= 11 is 1.42. The Morgan fingerprint density at radius 2 is 2.29 bits per heavy atom. The number of rotatable bonds is 6. The third kappa shape index (κ3) is 3.39. The van der Waals surface area contributed by atoms with Crippen molar-refractivity contribution < 1.29 is 9.53 Å². The van der Waals surface area contributed by atoms with E-state index in [1.54, 1.807) is 17.9 Å². The highest BCUT2D eigenvalue weighted by Crippen LogP contribution is 2.29. The molecule has 0 saturated carbocycles. The fourth-order valence-electron chi connectivity index (χ4n) is 2.43. The molecule has 0 aliphatic heterocycles. The van der Waals surface area contributed by atoms with Gasteiger partial charge in [0, 0.05) is 18.8 Å². The lowest BCUT2D eigenvalue weighted by Gasteiger charge is -2.12. The quantitative estimate of drug-likeness (QED) is 0.717. The summed E-state index contributed by atoms with van der Waals surface area (Å²) in [5.74, 6) is 0.629. The number of amides is 1. The van der Waals surface area contributed by atoms with Gasteiger partial charge in [-0.3, -0.25) is 9.48 Å². The molecule has 1 aromatic carbocycles. The summed E-state index contributed by atoms with van der Waals surface area (Å²) in [6.07, 6.45) is 3.49. The van der Waals surface area contributed by atoms with Crippen LogP contribution in [0.4, 0.5) is 5.13 Å². The van der Waals surface area contributed by atoms with E-state index in [4.69, 9.17) is 4.74 Å². The zero-order chi connectivity index (χ0) is 17.1. The number of hydrogen-bond acceptors (Lipinski definition) is 6. The molecule has 7 nitrogen and oxygen atoms in total. The average molecular weight is 345 g/mol. The van der Waals surface area contributed by atoms with E-state index >= 15 is 0 Å². The Balaban J connectivity index is 1.79. The van der Waals surface area contributed by atoms with Gasteiger partial charge in [0.2, 0.25) is 5.91 Å². The van der Waals surface area contributed by atoms with Crippen molar-refractivity contribution in [2.75, 3.05) is 19.0 Å². The first-order valence-electron chi connectivity index (χ1n) is 7.60. The Hall–Kier alpha value is -2.45. The molecule has 2 N–H and O–H groups in total. The molecule has 8 heteroatoms. The minimum atomic E-state index is -0.482. The van der Waals surface area contributed by atoms with Crippen molar-refractivity contribution in [2.45, 2.75) is 13.0 Å². The highest BCUT2D eigenvalue weighted by atomic mass is 32.1. The molecule has 24 heavy (non-hydrogen) atoms. The molecule has 1 unspecified atom stereocenters. The van der Waals surface area contributed by atoms with Crippen LogP contribution in [0.15, 0.2) is 30.6 Å². The summed E-state index contributed by atoms with van der Waals surface area (Å²) in [4.78, 5) is 17.0. The van der Waals surface area contributed by atoms with Gasteiger partial charge in [0.05, 0.1) is 23.0 Å². The maximum absolute atomic E-state index is 12.5. The van der Waals surface area contributed by atoms with Crippen LogP contribution in [0.2, 0.25) is 0 Å². The SMILES string of the molecule is CCOc1ccc2nc(NC(=O)C(NC)c3cnn(C)c3)sc2c1. The predicted molar refractivity (Wildman–Crippen MR) is 94.4 cm³/mol. The molecule has 0 spiro atoms. The summed E-state index contributed by atoms with van der Waals surface area (Å²) < 4.78 is 8.13. The van der Waals surface area contributed by atoms with Crippen molar-refractivity contribution in [1.82, 2.24) is 20.1 Å². The Bertz CT molecular complexity index is 857. The molecule has 1 amide bonds. The molecule has 126 valence electrons. The van der Waals surface area contributed by atoms with Crippen LogP contribution in [-0.4, -0.2) is 34.3 Å². The molecule has 2 aromatic heterocycles. The average Bonchev–Trinajstić information content (AvgIpc) is 3.14. The molecule has 0 fully saturated rings. The third-order valence-corrected chi connectivity index (χ3v) is 4.44. The number of likely N-dealkylation sites (N-methyl/N-ethyl adjacent to an activating group) is 1. The van der Waals surface area contributed by atoms with Crippen molar-refractivity contribution in [2.24, 2.45) is 7.05 Å². The summed E-state index contributed by atoms with van der Waals surface area (Å²) in [7, 11) is 3.56. The first-order valence-corrected chi connectivity index (χ1v) is 8.42. The van der Waals surface area contributed by atoms with Gasteiger partial charge in [0.1, 0.15) is 11.8 Å². The zero-order valence-corrected chi connectivity index (χ0v) is 14.6. The van der Waals surface area contributed by atoms with Gasteiger partial charge in [-0.25, -0.2) is 4.98 Å². The number of nitrogens with one attached hydrogen (secondary N) is 2. The number of thiazole rings is 1. The molecule has 3 aromatic rings. The Labute approximate surface area is 143 Å². The fraction of sp³-hybridized carbons (Fsp3) is 0.312. The van der Waals surface area contributed by atoms with Gasteiger partial charge in [0.15, 0.2) is 5.13 Å². The highest BCUT2D eigenvalue weighted by molar-refractivity contribution is 7.22. The lowest BCUT2D eigenvalue weighted by atomic mass is 10.1. The van der Waals surface area contributed by atoms with E-state index in [-0.39, 0.29) is 5.91 Å². The van der Waals surface area contributed by atoms with Crippen LogP contribution in [0.1, 0.15) is 18.5 Å². The molecule has 0 aliphatic rings. The maximum Gasteiger partial charge on any atom is 0.247 e. The fourth-order valence-corrected chi connectivity index (χ4v) is 3.33. The van der Waals surface area contributed by atoms with E-state index in [1.807, 2.05) is 38.4 Å². The van der Waals surface area contributed by atoms with E-state index in [9.17, 15) is 4.79 Å². The van der Waals surface area contributed by atoms with E-state index in [2.05, 4.69) is 20.7 Å². The third-order valence-electron chi connectivity index (χ3n) is 3.51. The number of ether oxygens (including phenoxy) is 1. The number of hydrogen-bond donors (Lipinski definition) is 2. The largest absolute Gasteiger partial charge is 0.494 e. The molecule has 1 atom stereocenters. The number of carbonyl (C=O) groups excluding carboxylic acids is 1. The van der Waals surface area contributed by atoms with Gasteiger partial charge in [-0.2, -0.15) is 5.10 Å². The first-order chi connectivity index (χ1) is 11.6. The number of carbonyl (C=O) groups is 1. The molecule has 0 radical (unpaired) electrons. The summed E-state index contributed by atoms with van der Waals surface area (Å²) in [6, 6.07) is 5.22. The number of nitrogens with zero attached hydrogens (tertiary/aromatic N) is 3. The normalized spacial score (nSPS) is 12.3. The van der Waals surface area contributed by atoms with Crippen LogP contribution in [0.5, 0.6) is 5.75 Å².